The molecule has 0 bridgehead atoms. The molecule has 0 heterocycles. The first-order valence-electron chi connectivity index (χ1n) is 18.6. The predicted molar refractivity (Wildman–Crippen MR) is 185 cm³/mol. The Morgan fingerprint density at radius 3 is 1.42 bits per heavy atom. The summed E-state index contributed by atoms with van der Waals surface area (Å²) in [6.07, 6.45) is 38.5. The lowest BCUT2D eigenvalue weighted by Gasteiger charge is -2.26. The fraction of sp³-hybridized carbons (Fsp3) is 0.868. The molecule has 3 unspecified atom stereocenters. The van der Waals surface area contributed by atoms with Gasteiger partial charge in [-0.2, -0.15) is 0 Å². The molecule has 254 valence electrons. The molecule has 43 heavy (non-hydrogen) atoms. The summed E-state index contributed by atoms with van der Waals surface area (Å²) in [7, 11) is 0. The Morgan fingerprint density at radius 2 is 0.953 bits per heavy atom. The Kier molecular flexibility index (Phi) is 32.8. The van der Waals surface area contributed by atoms with Crippen molar-refractivity contribution in [3.05, 3.63) is 24.3 Å². The van der Waals surface area contributed by atoms with Gasteiger partial charge in [0.05, 0.1) is 18.8 Å². The number of hydrogen-bond acceptors (Lipinski definition) is 4. The zero-order valence-corrected chi connectivity index (χ0v) is 28.6. The summed E-state index contributed by atoms with van der Waals surface area (Å²) in [5, 5.41) is 33.3. The van der Waals surface area contributed by atoms with Gasteiger partial charge in [0.25, 0.3) is 0 Å². The maximum absolute atomic E-state index is 12.3. The molecule has 0 aliphatic heterocycles. The maximum atomic E-state index is 12.3. The van der Waals surface area contributed by atoms with Crippen molar-refractivity contribution in [3.63, 3.8) is 0 Å². The first kappa shape index (κ1) is 41.8. The highest BCUT2D eigenvalue weighted by Gasteiger charge is 2.26. The van der Waals surface area contributed by atoms with E-state index in [-0.39, 0.29) is 12.5 Å². The molecule has 5 heteroatoms. The summed E-state index contributed by atoms with van der Waals surface area (Å²) in [4.78, 5) is 12.3. The number of rotatable bonds is 33. The molecule has 0 spiro atoms. The van der Waals surface area contributed by atoms with Crippen LogP contribution in [-0.2, 0) is 4.79 Å². The molecule has 1 amide bonds. The van der Waals surface area contributed by atoms with Crippen LogP contribution in [0.5, 0.6) is 0 Å². The van der Waals surface area contributed by atoms with Crippen LogP contribution >= 0.6 is 0 Å². The Morgan fingerprint density at radius 1 is 0.558 bits per heavy atom. The van der Waals surface area contributed by atoms with Gasteiger partial charge in [-0.25, -0.2) is 0 Å². The average Bonchev–Trinajstić information content (AvgIpc) is 3.01. The number of amides is 1. The topological polar surface area (TPSA) is 89.8 Å². The average molecular weight is 608 g/mol. The molecule has 0 fully saturated rings. The molecule has 0 saturated heterocycles. The van der Waals surface area contributed by atoms with Gasteiger partial charge in [-0.1, -0.05) is 154 Å². The number of hydrogen-bond donors (Lipinski definition) is 4. The van der Waals surface area contributed by atoms with Gasteiger partial charge in [-0.05, 0) is 51.4 Å². The molecule has 0 aromatic rings. The van der Waals surface area contributed by atoms with E-state index in [4.69, 9.17) is 0 Å². The lowest BCUT2D eigenvalue weighted by Crippen LogP contribution is -2.50. The number of allylic oxidation sites excluding steroid dienone is 4. The Balaban J connectivity index is 3.74. The summed E-state index contributed by atoms with van der Waals surface area (Å²) in [6, 6.07) is -0.826. The van der Waals surface area contributed by atoms with Gasteiger partial charge in [0.15, 0.2) is 0 Å². The molecule has 4 N–H and O–H groups in total. The highest BCUT2D eigenvalue weighted by Crippen LogP contribution is 2.14. The van der Waals surface area contributed by atoms with E-state index in [1.165, 1.54) is 116 Å². The van der Waals surface area contributed by atoms with E-state index in [2.05, 4.69) is 43.5 Å². The van der Waals surface area contributed by atoms with Crippen LogP contribution in [0.4, 0.5) is 0 Å². The molecule has 0 aromatic carbocycles. The molecule has 0 radical (unpaired) electrons. The van der Waals surface area contributed by atoms with Gasteiger partial charge >= 0.3 is 0 Å². The fourth-order valence-electron chi connectivity index (χ4n) is 5.59. The van der Waals surface area contributed by atoms with Gasteiger partial charge < -0.3 is 20.6 Å². The highest BCUT2D eigenvalue weighted by molar-refractivity contribution is 5.76. The highest BCUT2D eigenvalue weighted by atomic mass is 16.3. The van der Waals surface area contributed by atoms with Crippen molar-refractivity contribution in [2.75, 3.05) is 6.61 Å². The third kappa shape index (κ3) is 29.3. The second-order valence-corrected chi connectivity index (χ2v) is 12.8. The second-order valence-electron chi connectivity index (χ2n) is 12.8. The molecule has 0 aliphatic rings. The van der Waals surface area contributed by atoms with Crippen LogP contribution in [0.15, 0.2) is 24.3 Å². The van der Waals surface area contributed by atoms with Crippen molar-refractivity contribution in [2.45, 2.75) is 205 Å². The van der Waals surface area contributed by atoms with E-state index in [1.54, 1.807) is 0 Å². The van der Waals surface area contributed by atoms with Crippen LogP contribution < -0.4 is 5.32 Å². The number of carbonyl (C=O) groups is 1. The standard InChI is InChI=1S/C38H73NO4/c1-3-5-7-9-11-13-15-16-17-18-19-20-21-22-23-24-26-28-30-32-36(41)38(43)35(34-40)39-37(42)33-31-29-27-25-14-12-10-8-6-4-2/h20-21,24,26,35-36,38,40-41,43H,3-19,22-23,25,27-34H2,1-2H3,(H,39,42)/b21-20+,26-24+. The van der Waals surface area contributed by atoms with E-state index >= 15 is 0 Å². The minimum atomic E-state index is -1.16. The van der Waals surface area contributed by atoms with Gasteiger partial charge in [0.1, 0.15) is 6.10 Å². The van der Waals surface area contributed by atoms with E-state index in [0.29, 0.717) is 12.8 Å². The SMILES string of the molecule is CCCCCCCCCCCC/C=C/CC/C=C/CCCC(O)C(O)C(CO)NC(=O)CCCCCCCCCCCC. The Hall–Kier alpha value is -1.17. The Bertz CT molecular complexity index is 635. The minimum Gasteiger partial charge on any atom is -0.394 e. The van der Waals surface area contributed by atoms with Crippen LogP contribution in [0.3, 0.4) is 0 Å². The van der Waals surface area contributed by atoms with Crippen molar-refractivity contribution in [1.82, 2.24) is 5.32 Å². The smallest absolute Gasteiger partial charge is 0.220 e. The van der Waals surface area contributed by atoms with Crippen LogP contribution in [0.1, 0.15) is 187 Å². The number of aliphatic hydroxyl groups excluding tert-OH is 3. The molecular formula is C38H73NO4. The van der Waals surface area contributed by atoms with Gasteiger partial charge in [0, 0.05) is 6.42 Å². The third-order valence-corrected chi connectivity index (χ3v) is 8.54. The molecule has 0 saturated carbocycles. The largest absolute Gasteiger partial charge is 0.394 e. The molecule has 0 aromatic heterocycles. The molecule has 3 atom stereocenters. The van der Waals surface area contributed by atoms with Crippen molar-refractivity contribution in [3.8, 4) is 0 Å². The van der Waals surface area contributed by atoms with Crippen molar-refractivity contribution in [2.24, 2.45) is 0 Å². The van der Waals surface area contributed by atoms with Crippen molar-refractivity contribution >= 4 is 5.91 Å². The van der Waals surface area contributed by atoms with Gasteiger partial charge in [-0.3, -0.25) is 4.79 Å². The first-order valence-corrected chi connectivity index (χ1v) is 18.6. The molecule has 0 aliphatic carbocycles. The summed E-state index contributed by atoms with van der Waals surface area (Å²) in [5.41, 5.74) is 0. The van der Waals surface area contributed by atoms with Crippen LogP contribution in [0.2, 0.25) is 0 Å². The Labute approximate surface area is 267 Å². The van der Waals surface area contributed by atoms with E-state index in [1.807, 2.05) is 0 Å². The normalized spacial score (nSPS) is 14.1. The fourth-order valence-corrected chi connectivity index (χ4v) is 5.59. The second kappa shape index (κ2) is 33.7. The van der Waals surface area contributed by atoms with E-state index in [9.17, 15) is 20.1 Å². The minimum absolute atomic E-state index is 0.162. The number of aliphatic hydroxyl groups is 3. The van der Waals surface area contributed by atoms with E-state index in [0.717, 1.165) is 44.9 Å². The van der Waals surface area contributed by atoms with E-state index < -0.39 is 18.2 Å². The van der Waals surface area contributed by atoms with Gasteiger partial charge in [-0.15, -0.1) is 0 Å². The summed E-state index contributed by atoms with van der Waals surface area (Å²) in [5.74, 6) is -0.162. The lowest BCUT2D eigenvalue weighted by atomic mass is 10.0. The van der Waals surface area contributed by atoms with Crippen LogP contribution in [0, 0.1) is 0 Å². The maximum Gasteiger partial charge on any atom is 0.220 e. The number of unbranched alkanes of at least 4 members (excludes halogenated alkanes) is 21. The summed E-state index contributed by atoms with van der Waals surface area (Å²) >= 11 is 0. The monoisotopic (exact) mass is 608 g/mol. The zero-order valence-electron chi connectivity index (χ0n) is 28.6. The molecular weight excluding hydrogens is 534 g/mol. The quantitative estimate of drug-likeness (QED) is 0.0441. The first-order chi connectivity index (χ1) is 21.1. The summed E-state index contributed by atoms with van der Waals surface area (Å²) in [6.45, 7) is 4.13. The predicted octanol–water partition coefficient (Wildman–Crippen LogP) is 9.87. The number of nitrogens with one attached hydrogen (secondary N) is 1. The van der Waals surface area contributed by atoms with Gasteiger partial charge in [0.2, 0.25) is 5.91 Å². The number of carbonyl (C=O) groups excluding carboxylic acids is 1. The van der Waals surface area contributed by atoms with Crippen LogP contribution in [-0.4, -0.2) is 46.1 Å². The van der Waals surface area contributed by atoms with Crippen molar-refractivity contribution < 1.29 is 20.1 Å². The van der Waals surface area contributed by atoms with Crippen molar-refractivity contribution in [1.29, 1.82) is 0 Å². The lowest BCUT2D eigenvalue weighted by molar-refractivity contribution is -0.124. The van der Waals surface area contributed by atoms with Crippen LogP contribution in [0.25, 0.3) is 0 Å². The zero-order chi connectivity index (χ0) is 31.6. The molecule has 5 nitrogen and oxygen atoms in total. The summed E-state index contributed by atoms with van der Waals surface area (Å²) < 4.78 is 0. The third-order valence-electron chi connectivity index (χ3n) is 8.54. The molecule has 0 rings (SSSR count).